The molecule has 2 aromatic rings. The van der Waals surface area contributed by atoms with E-state index in [4.69, 9.17) is 14.2 Å². The predicted molar refractivity (Wildman–Crippen MR) is 119 cm³/mol. The van der Waals surface area contributed by atoms with Crippen LogP contribution in [0.2, 0.25) is 0 Å². The number of carbonyl (C=O) groups is 3. The zero-order valence-electron chi connectivity index (χ0n) is 18.8. The Hall–Kier alpha value is -3.55. The number of hydrogen-bond acceptors (Lipinski definition) is 6. The summed E-state index contributed by atoms with van der Waals surface area (Å²) in [5.41, 5.74) is 2.95. The molecule has 32 heavy (non-hydrogen) atoms. The normalized spacial score (nSPS) is 13.2. The van der Waals surface area contributed by atoms with Gasteiger partial charge >= 0.3 is 5.97 Å². The van der Waals surface area contributed by atoms with Crippen molar-refractivity contribution in [2.45, 2.75) is 32.2 Å². The molecule has 1 aliphatic rings. The number of esters is 1. The molecule has 1 atom stereocenters. The number of nitrogens with one attached hydrogen (secondary N) is 1. The minimum atomic E-state index is -0.624. The lowest BCUT2D eigenvalue weighted by Gasteiger charge is -2.20. The molecular weight excluding hydrogens is 412 g/mol. The lowest BCUT2D eigenvalue weighted by atomic mass is 10.0. The van der Waals surface area contributed by atoms with E-state index in [0.717, 1.165) is 11.3 Å². The fourth-order valence-electron chi connectivity index (χ4n) is 3.81. The topological polar surface area (TPSA) is 94.2 Å². The van der Waals surface area contributed by atoms with Crippen LogP contribution in [-0.4, -0.2) is 45.7 Å². The molecule has 3 rings (SSSR count). The first-order valence-electron chi connectivity index (χ1n) is 10.4. The van der Waals surface area contributed by atoms with Crippen molar-refractivity contribution in [3.05, 3.63) is 53.1 Å². The largest absolute Gasteiger partial charge is 0.493 e. The number of benzene rings is 2. The first kappa shape index (κ1) is 23.1. The van der Waals surface area contributed by atoms with Gasteiger partial charge in [-0.05, 0) is 47.9 Å². The number of fused-ring (bicyclic) bond motifs is 1. The zero-order chi connectivity index (χ0) is 23.3. The molecule has 0 fully saturated rings. The standard InChI is InChI=1S/C24H28N2O6/c1-5-22(27)26-11-10-16-12-17(6-8-19(16)26)24(29)25-18(14-23(28)32-4)15-7-9-20(30-2)21(13-15)31-3/h6-9,12-13,18H,5,10-11,14H2,1-4H3,(H,25,29). The van der Waals surface area contributed by atoms with Crippen LogP contribution in [0.1, 0.15) is 47.3 Å². The third-order valence-electron chi connectivity index (χ3n) is 5.55. The van der Waals surface area contributed by atoms with Gasteiger partial charge in [0, 0.05) is 24.2 Å². The highest BCUT2D eigenvalue weighted by Crippen LogP contribution is 2.32. The van der Waals surface area contributed by atoms with E-state index in [0.29, 0.717) is 42.0 Å². The lowest BCUT2D eigenvalue weighted by Crippen LogP contribution is -2.30. The van der Waals surface area contributed by atoms with Gasteiger partial charge < -0.3 is 24.4 Å². The van der Waals surface area contributed by atoms with Crippen LogP contribution in [0, 0.1) is 0 Å². The van der Waals surface area contributed by atoms with Gasteiger partial charge in [0.15, 0.2) is 11.5 Å². The molecule has 2 amide bonds. The molecule has 0 saturated carbocycles. The van der Waals surface area contributed by atoms with E-state index in [1.54, 1.807) is 41.3 Å². The first-order chi connectivity index (χ1) is 15.4. The van der Waals surface area contributed by atoms with Crippen LogP contribution in [-0.2, 0) is 20.7 Å². The Labute approximate surface area is 187 Å². The summed E-state index contributed by atoms with van der Waals surface area (Å²) in [7, 11) is 4.36. The van der Waals surface area contributed by atoms with Crippen molar-refractivity contribution in [2.24, 2.45) is 0 Å². The molecule has 0 spiro atoms. The maximum absolute atomic E-state index is 13.0. The Morgan fingerprint density at radius 3 is 2.44 bits per heavy atom. The fourth-order valence-corrected chi connectivity index (χ4v) is 3.81. The monoisotopic (exact) mass is 440 g/mol. The number of nitrogens with zero attached hydrogens (tertiary/aromatic N) is 1. The van der Waals surface area contributed by atoms with Crippen LogP contribution < -0.4 is 19.7 Å². The van der Waals surface area contributed by atoms with Crippen LogP contribution in [0.15, 0.2) is 36.4 Å². The van der Waals surface area contributed by atoms with Gasteiger partial charge in [-0.15, -0.1) is 0 Å². The van der Waals surface area contributed by atoms with E-state index >= 15 is 0 Å². The molecule has 1 unspecified atom stereocenters. The molecular formula is C24H28N2O6. The molecule has 0 saturated heterocycles. The number of hydrogen-bond donors (Lipinski definition) is 1. The Kier molecular flexibility index (Phi) is 7.35. The van der Waals surface area contributed by atoms with Gasteiger partial charge in [0.05, 0.1) is 33.8 Å². The van der Waals surface area contributed by atoms with Crippen molar-refractivity contribution in [3.63, 3.8) is 0 Å². The molecule has 0 aromatic heterocycles. The summed E-state index contributed by atoms with van der Waals surface area (Å²) < 4.78 is 15.4. The Balaban J connectivity index is 1.85. The van der Waals surface area contributed by atoms with Gasteiger partial charge in [-0.2, -0.15) is 0 Å². The van der Waals surface area contributed by atoms with Crippen molar-refractivity contribution in [1.29, 1.82) is 0 Å². The fraction of sp³-hybridized carbons (Fsp3) is 0.375. The number of ether oxygens (including phenoxy) is 3. The minimum absolute atomic E-state index is 0.0402. The SMILES string of the molecule is CCC(=O)N1CCc2cc(C(=O)NC(CC(=O)OC)c3ccc(OC)c(OC)c3)ccc21. The predicted octanol–water partition coefficient (Wildman–Crippen LogP) is 3.04. The molecule has 0 radical (unpaired) electrons. The van der Waals surface area contributed by atoms with Gasteiger partial charge in [0.2, 0.25) is 5.91 Å². The van der Waals surface area contributed by atoms with Crippen LogP contribution in [0.5, 0.6) is 11.5 Å². The van der Waals surface area contributed by atoms with Crippen LogP contribution in [0.3, 0.4) is 0 Å². The highest BCUT2D eigenvalue weighted by molar-refractivity contribution is 5.98. The number of rotatable bonds is 8. The van der Waals surface area contributed by atoms with Crippen molar-refractivity contribution in [3.8, 4) is 11.5 Å². The van der Waals surface area contributed by atoms with Crippen molar-refractivity contribution >= 4 is 23.5 Å². The second-order valence-corrected chi connectivity index (χ2v) is 7.41. The van der Waals surface area contributed by atoms with Crippen molar-refractivity contribution in [1.82, 2.24) is 5.32 Å². The summed E-state index contributed by atoms with van der Waals surface area (Å²) >= 11 is 0. The average molecular weight is 440 g/mol. The summed E-state index contributed by atoms with van der Waals surface area (Å²) in [6, 6.07) is 9.89. The second-order valence-electron chi connectivity index (χ2n) is 7.41. The highest BCUT2D eigenvalue weighted by Gasteiger charge is 2.26. The maximum Gasteiger partial charge on any atom is 0.307 e. The van der Waals surface area contributed by atoms with Gasteiger partial charge in [-0.1, -0.05) is 13.0 Å². The number of anilines is 1. The summed E-state index contributed by atoms with van der Waals surface area (Å²) in [6.45, 7) is 2.45. The average Bonchev–Trinajstić information content (AvgIpc) is 3.25. The lowest BCUT2D eigenvalue weighted by molar-refractivity contribution is -0.141. The third-order valence-corrected chi connectivity index (χ3v) is 5.55. The molecule has 0 bridgehead atoms. The molecule has 1 N–H and O–H groups in total. The van der Waals surface area contributed by atoms with Crippen molar-refractivity contribution < 1.29 is 28.6 Å². The Morgan fingerprint density at radius 1 is 1.03 bits per heavy atom. The molecule has 1 aliphatic heterocycles. The third kappa shape index (κ3) is 4.85. The van der Waals surface area contributed by atoms with Crippen LogP contribution >= 0.6 is 0 Å². The minimum Gasteiger partial charge on any atom is -0.493 e. The van der Waals surface area contributed by atoms with E-state index in [1.807, 2.05) is 6.92 Å². The van der Waals surface area contributed by atoms with Crippen molar-refractivity contribution in [2.75, 3.05) is 32.8 Å². The maximum atomic E-state index is 13.0. The van der Waals surface area contributed by atoms with Gasteiger partial charge in [0.25, 0.3) is 5.91 Å². The van der Waals surface area contributed by atoms with Gasteiger partial charge in [-0.25, -0.2) is 0 Å². The molecule has 170 valence electrons. The van der Waals surface area contributed by atoms with E-state index in [2.05, 4.69) is 5.32 Å². The second kappa shape index (κ2) is 10.2. The number of methoxy groups -OCH3 is 3. The van der Waals surface area contributed by atoms with E-state index < -0.39 is 12.0 Å². The quantitative estimate of drug-likeness (QED) is 0.634. The Morgan fingerprint density at radius 2 is 1.78 bits per heavy atom. The zero-order valence-corrected chi connectivity index (χ0v) is 18.8. The molecule has 1 heterocycles. The first-order valence-corrected chi connectivity index (χ1v) is 10.4. The van der Waals surface area contributed by atoms with Gasteiger partial charge in [0.1, 0.15) is 0 Å². The van der Waals surface area contributed by atoms with Gasteiger partial charge in [-0.3, -0.25) is 14.4 Å². The summed E-state index contributed by atoms with van der Waals surface area (Å²) in [4.78, 5) is 38.9. The Bertz CT molecular complexity index is 1020. The van der Waals surface area contributed by atoms with E-state index in [-0.39, 0.29) is 18.2 Å². The summed E-state index contributed by atoms with van der Waals surface area (Å²) in [5, 5.41) is 2.92. The molecule has 2 aromatic carbocycles. The summed E-state index contributed by atoms with van der Waals surface area (Å²) in [6.07, 6.45) is 1.09. The smallest absolute Gasteiger partial charge is 0.307 e. The highest BCUT2D eigenvalue weighted by atomic mass is 16.5. The van der Waals surface area contributed by atoms with E-state index in [1.165, 1.54) is 21.3 Å². The number of carbonyl (C=O) groups excluding carboxylic acids is 3. The molecule has 0 aliphatic carbocycles. The molecule has 8 heteroatoms. The number of amides is 2. The van der Waals surface area contributed by atoms with Crippen LogP contribution in [0.25, 0.3) is 0 Å². The van der Waals surface area contributed by atoms with Crippen LogP contribution in [0.4, 0.5) is 5.69 Å². The summed E-state index contributed by atoms with van der Waals surface area (Å²) in [5.74, 6) is 0.327. The van der Waals surface area contributed by atoms with E-state index in [9.17, 15) is 14.4 Å². The molecule has 8 nitrogen and oxygen atoms in total.